The number of aromatic hydroxyl groups is 1. The summed E-state index contributed by atoms with van der Waals surface area (Å²) in [5.74, 6) is -2.64. The zero-order valence-corrected chi connectivity index (χ0v) is 20.2. The van der Waals surface area contributed by atoms with Gasteiger partial charge in [0.25, 0.3) is 0 Å². The molecule has 2 unspecified atom stereocenters. The number of phenols is 1. The van der Waals surface area contributed by atoms with Crippen LogP contribution in [0.4, 0.5) is 4.79 Å². The topological polar surface area (TPSA) is 158 Å². The molecule has 0 fully saturated rings. The van der Waals surface area contributed by atoms with Crippen molar-refractivity contribution in [2.45, 2.75) is 52.3 Å². The van der Waals surface area contributed by atoms with E-state index in [2.05, 4.69) is 15.4 Å². The van der Waals surface area contributed by atoms with E-state index in [1.165, 1.54) is 24.3 Å². The van der Waals surface area contributed by atoms with Crippen LogP contribution in [-0.4, -0.2) is 65.7 Å². The molecule has 2 atom stereocenters. The molecule has 3 amide bonds. The van der Waals surface area contributed by atoms with Crippen LogP contribution in [0.25, 0.3) is 0 Å². The molecule has 34 heavy (non-hydrogen) atoms. The Balaban J connectivity index is 3.38. The van der Waals surface area contributed by atoms with E-state index in [-0.39, 0.29) is 11.3 Å². The molecule has 0 heterocycles. The molecule has 11 nitrogen and oxygen atoms in total. The van der Waals surface area contributed by atoms with E-state index in [1.54, 1.807) is 34.6 Å². The lowest BCUT2D eigenvalue weighted by molar-refractivity contribution is -0.144. The van der Waals surface area contributed by atoms with Gasteiger partial charge in [-0.15, -0.1) is 0 Å². The number of hydrogen-bond donors (Lipinski definition) is 3. The van der Waals surface area contributed by atoms with E-state index >= 15 is 0 Å². The molecule has 1 aromatic carbocycles. The molecule has 1 rings (SSSR count). The van der Waals surface area contributed by atoms with Gasteiger partial charge in [-0.2, -0.15) is 5.26 Å². The minimum atomic E-state index is -1.33. The number of esters is 1. The van der Waals surface area contributed by atoms with Crippen molar-refractivity contribution in [2.75, 3.05) is 20.2 Å². The van der Waals surface area contributed by atoms with Crippen LogP contribution in [-0.2, 0) is 23.9 Å². The van der Waals surface area contributed by atoms with Crippen LogP contribution in [0.2, 0.25) is 0 Å². The first-order chi connectivity index (χ1) is 15.8. The number of ether oxygens (including phenoxy) is 2. The summed E-state index contributed by atoms with van der Waals surface area (Å²) in [6.07, 6.45) is -0.826. The molecule has 11 heteroatoms. The van der Waals surface area contributed by atoms with Crippen LogP contribution >= 0.6 is 0 Å². The van der Waals surface area contributed by atoms with Crippen LogP contribution < -0.4 is 10.6 Å². The fourth-order valence-electron chi connectivity index (χ4n) is 2.96. The summed E-state index contributed by atoms with van der Waals surface area (Å²) >= 11 is 0. The van der Waals surface area contributed by atoms with Crippen molar-refractivity contribution in [3.8, 4) is 11.8 Å². The van der Waals surface area contributed by atoms with Crippen molar-refractivity contribution < 1.29 is 33.8 Å². The van der Waals surface area contributed by atoms with E-state index < -0.39 is 60.6 Å². The zero-order chi connectivity index (χ0) is 26.1. The molecule has 0 radical (unpaired) electrons. The van der Waals surface area contributed by atoms with E-state index in [9.17, 15) is 29.5 Å². The van der Waals surface area contributed by atoms with Crippen molar-refractivity contribution in [3.63, 3.8) is 0 Å². The highest BCUT2D eigenvalue weighted by Gasteiger charge is 2.37. The highest BCUT2D eigenvalue weighted by atomic mass is 16.6. The average Bonchev–Trinajstić information content (AvgIpc) is 2.74. The van der Waals surface area contributed by atoms with Gasteiger partial charge in [0.2, 0.25) is 11.8 Å². The number of hydrogen-bond acceptors (Lipinski definition) is 8. The number of alkyl carbamates (subject to hydrolysis) is 1. The average molecular weight is 477 g/mol. The fourth-order valence-corrected chi connectivity index (χ4v) is 2.96. The second-order valence-corrected chi connectivity index (χ2v) is 8.78. The van der Waals surface area contributed by atoms with Crippen molar-refractivity contribution >= 4 is 23.9 Å². The SMILES string of the molecule is COC(=O)CNC(=O)C(c1ccc(O)cc1)N(CC#N)C(=O)C(NC(=O)OC(C)(C)C)C(C)C. The lowest BCUT2D eigenvalue weighted by Crippen LogP contribution is -2.55. The number of phenolic OH excluding ortho intramolecular Hbond substituents is 1. The molecule has 0 aliphatic carbocycles. The second kappa shape index (κ2) is 12.4. The Hall–Kier alpha value is -3.81. The number of rotatable bonds is 9. The first kappa shape index (κ1) is 28.2. The molecule has 186 valence electrons. The smallest absolute Gasteiger partial charge is 0.408 e. The van der Waals surface area contributed by atoms with Gasteiger partial charge in [0.1, 0.15) is 36.5 Å². The number of nitriles is 1. The minimum Gasteiger partial charge on any atom is -0.508 e. The maximum absolute atomic E-state index is 13.5. The molecule has 0 aliphatic heterocycles. The maximum atomic E-state index is 13.5. The van der Waals surface area contributed by atoms with Gasteiger partial charge in [-0.05, 0) is 44.4 Å². The molecule has 0 aliphatic rings. The molecule has 0 spiro atoms. The molecule has 0 saturated heterocycles. The Morgan fingerprint density at radius 2 is 1.74 bits per heavy atom. The van der Waals surface area contributed by atoms with Gasteiger partial charge in [-0.1, -0.05) is 26.0 Å². The van der Waals surface area contributed by atoms with Crippen LogP contribution in [0.5, 0.6) is 5.75 Å². The number of benzene rings is 1. The predicted molar refractivity (Wildman–Crippen MR) is 121 cm³/mol. The molecule has 1 aromatic rings. The number of methoxy groups -OCH3 is 1. The Bertz CT molecular complexity index is 917. The van der Waals surface area contributed by atoms with E-state index in [0.29, 0.717) is 0 Å². The Labute approximate surface area is 199 Å². The van der Waals surface area contributed by atoms with E-state index in [4.69, 9.17) is 4.74 Å². The van der Waals surface area contributed by atoms with E-state index in [0.717, 1.165) is 12.0 Å². The van der Waals surface area contributed by atoms with Gasteiger partial charge >= 0.3 is 12.1 Å². The quantitative estimate of drug-likeness (QED) is 0.358. The normalized spacial score (nSPS) is 12.6. The van der Waals surface area contributed by atoms with Gasteiger partial charge < -0.3 is 30.1 Å². The number of nitrogens with zero attached hydrogens (tertiary/aromatic N) is 2. The fraction of sp³-hybridized carbons (Fsp3) is 0.522. The van der Waals surface area contributed by atoms with Gasteiger partial charge in [0, 0.05) is 0 Å². The maximum Gasteiger partial charge on any atom is 0.408 e. The summed E-state index contributed by atoms with van der Waals surface area (Å²) < 4.78 is 9.78. The van der Waals surface area contributed by atoms with Crippen molar-refractivity contribution in [2.24, 2.45) is 5.92 Å². The Morgan fingerprint density at radius 3 is 2.21 bits per heavy atom. The minimum absolute atomic E-state index is 0.0673. The third-order valence-corrected chi connectivity index (χ3v) is 4.53. The van der Waals surface area contributed by atoms with Crippen molar-refractivity contribution in [3.05, 3.63) is 29.8 Å². The van der Waals surface area contributed by atoms with Gasteiger partial charge in [-0.3, -0.25) is 14.4 Å². The Kier molecular flexibility index (Phi) is 10.3. The van der Waals surface area contributed by atoms with Crippen molar-refractivity contribution in [1.29, 1.82) is 5.26 Å². The van der Waals surface area contributed by atoms with Gasteiger partial charge in [-0.25, -0.2) is 4.79 Å². The number of carbonyl (C=O) groups is 4. The summed E-state index contributed by atoms with van der Waals surface area (Å²) in [5.41, 5.74) is -0.521. The zero-order valence-electron chi connectivity index (χ0n) is 20.2. The highest BCUT2D eigenvalue weighted by Crippen LogP contribution is 2.25. The number of nitrogens with one attached hydrogen (secondary N) is 2. The number of carbonyl (C=O) groups excluding carboxylic acids is 4. The third-order valence-electron chi connectivity index (χ3n) is 4.53. The van der Waals surface area contributed by atoms with Crippen molar-refractivity contribution in [1.82, 2.24) is 15.5 Å². The molecule has 0 aromatic heterocycles. The van der Waals surface area contributed by atoms with Crippen LogP contribution in [0.3, 0.4) is 0 Å². The lowest BCUT2D eigenvalue weighted by Gasteiger charge is -2.34. The second-order valence-electron chi connectivity index (χ2n) is 8.78. The molecular formula is C23H32N4O7. The summed E-state index contributed by atoms with van der Waals surface area (Å²) in [6, 6.07) is 4.90. The first-order valence-corrected chi connectivity index (χ1v) is 10.6. The van der Waals surface area contributed by atoms with Crippen LogP contribution in [0, 0.1) is 17.2 Å². The van der Waals surface area contributed by atoms with Crippen LogP contribution in [0.15, 0.2) is 24.3 Å². The largest absolute Gasteiger partial charge is 0.508 e. The summed E-state index contributed by atoms with van der Waals surface area (Å²) in [7, 11) is 1.16. The monoisotopic (exact) mass is 476 g/mol. The predicted octanol–water partition coefficient (Wildman–Crippen LogP) is 1.62. The summed E-state index contributed by atoms with van der Waals surface area (Å²) in [4.78, 5) is 51.5. The standard InChI is InChI=1S/C23H32N4O7/c1-14(2)18(26-22(32)34-23(3,4)5)21(31)27(12-11-24)19(15-7-9-16(28)10-8-15)20(30)25-13-17(29)33-6/h7-10,14,18-19,28H,12-13H2,1-6H3,(H,25,30)(H,26,32). The molecule has 0 saturated carbocycles. The number of amides is 3. The summed E-state index contributed by atoms with van der Waals surface area (Å²) in [5, 5.41) is 24.0. The highest BCUT2D eigenvalue weighted by molar-refractivity contribution is 5.93. The lowest BCUT2D eigenvalue weighted by atomic mass is 9.99. The Morgan fingerprint density at radius 1 is 1.15 bits per heavy atom. The van der Waals surface area contributed by atoms with Gasteiger partial charge in [0.15, 0.2) is 0 Å². The molecule has 3 N–H and O–H groups in total. The van der Waals surface area contributed by atoms with E-state index in [1.807, 2.05) is 6.07 Å². The van der Waals surface area contributed by atoms with Crippen LogP contribution in [0.1, 0.15) is 46.2 Å². The third kappa shape index (κ3) is 8.61. The van der Waals surface area contributed by atoms with Gasteiger partial charge in [0.05, 0.1) is 13.2 Å². The summed E-state index contributed by atoms with van der Waals surface area (Å²) in [6.45, 7) is 7.46. The molecular weight excluding hydrogens is 444 g/mol. The first-order valence-electron chi connectivity index (χ1n) is 10.6. The molecule has 0 bridgehead atoms.